The van der Waals surface area contributed by atoms with E-state index in [4.69, 9.17) is 4.74 Å². The van der Waals surface area contributed by atoms with Gasteiger partial charge in [0.25, 0.3) is 0 Å². The van der Waals surface area contributed by atoms with Crippen molar-refractivity contribution in [1.29, 1.82) is 0 Å². The third-order valence-corrected chi connectivity index (χ3v) is 2.56. The van der Waals surface area contributed by atoms with Crippen LogP contribution in [0.1, 0.15) is 16.7 Å². The van der Waals surface area contributed by atoms with Crippen LogP contribution in [0.2, 0.25) is 0 Å². The van der Waals surface area contributed by atoms with Gasteiger partial charge in [-0.25, -0.2) is 4.98 Å². The number of nitrogens with zero attached hydrogens (tertiary/aromatic N) is 2. The minimum absolute atomic E-state index is 0.549. The summed E-state index contributed by atoms with van der Waals surface area (Å²) >= 11 is 0. The zero-order valence-electron chi connectivity index (χ0n) is 9.68. The summed E-state index contributed by atoms with van der Waals surface area (Å²) in [5.74, 6) is 0. The summed E-state index contributed by atoms with van der Waals surface area (Å²) < 4.78 is 7.51. The third-order valence-electron chi connectivity index (χ3n) is 2.56. The molecule has 1 heterocycles. The summed E-state index contributed by atoms with van der Waals surface area (Å²) in [6.07, 6.45) is 5.39. The van der Waals surface area contributed by atoms with E-state index in [1.807, 2.05) is 10.8 Å². The van der Waals surface area contributed by atoms with Gasteiger partial charge in [-0.2, -0.15) is 0 Å². The molecule has 84 valence electrons. The number of hydrogen-bond acceptors (Lipinski definition) is 2. The summed E-state index contributed by atoms with van der Waals surface area (Å²) in [4.78, 5) is 3.96. The van der Waals surface area contributed by atoms with Crippen molar-refractivity contribution in [3.8, 4) is 0 Å². The summed E-state index contributed by atoms with van der Waals surface area (Å²) in [5.41, 5.74) is 3.81. The molecule has 2 aromatic rings. The summed E-state index contributed by atoms with van der Waals surface area (Å²) in [5, 5.41) is 0. The first-order valence-electron chi connectivity index (χ1n) is 5.35. The third kappa shape index (κ3) is 2.70. The van der Waals surface area contributed by atoms with E-state index in [0.29, 0.717) is 13.3 Å². The second-order valence-electron chi connectivity index (χ2n) is 3.98. The molecule has 3 heteroatoms. The number of ether oxygens (including phenoxy) is 1. The number of imidazole rings is 1. The summed E-state index contributed by atoms with van der Waals surface area (Å²) in [7, 11) is 0. The maximum Gasteiger partial charge on any atom is 0.124 e. The van der Waals surface area contributed by atoms with Gasteiger partial charge in [0.05, 0.1) is 12.9 Å². The van der Waals surface area contributed by atoms with E-state index >= 15 is 0 Å². The summed E-state index contributed by atoms with van der Waals surface area (Å²) in [6, 6.07) is 6.41. The maximum absolute atomic E-state index is 5.61. The number of benzene rings is 1. The van der Waals surface area contributed by atoms with Gasteiger partial charge < -0.3 is 9.30 Å². The van der Waals surface area contributed by atoms with Crippen molar-refractivity contribution in [3.05, 3.63) is 53.6 Å². The molecule has 0 fully saturated rings. The molecule has 0 saturated heterocycles. The highest BCUT2D eigenvalue weighted by molar-refractivity contribution is 5.29. The molecule has 1 aromatic heterocycles. The number of aryl methyl sites for hydroxylation is 2. The fourth-order valence-corrected chi connectivity index (χ4v) is 1.63. The topological polar surface area (TPSA) is 27.1 Å². The number of hydrogen-bond donors (Lipinski definition) is 0. The second kappa shape index (κ2) is 4.94. The quantitative estimate of drug-likeness (QED) is 0.785. The molecule has 0 unspecified atom stereocenters. The molecular weight excluding hydrogens is 200 g/mol. The Morgan fingerprint density at radius 3 is 2.88 bits per heavy atom. The molecule has 1 aromatic carbocycles. The molecule has 0 radical (unpaired) electrons. The zero-order chi connectivity index (χ0) is 11.4. The standard InChI is InChI=1S/C13H16N2O/c1-11-3-4-13(12(2)7-11)8-16-10-15-6-5-14-9-15/h3-7,9H,8,10H2,1-2H3. The minimum Gasteiger partial charge on any atom is -0.356 e. The van der Waals surface area contributed by atoms with Crippen molar-refractivity contribution < 1.29 is 4.74 Å². The first-order chi connectivity index (χ1) is 7.75. The normalized spacial score (nSPS) is 10.6. The Morgan fingerprint density at radius 2 is 2.19 bits per heavy atom. The SMILES string of the molecule is Cc1ccc(COCn2ccnc2)c(C)c1. The predicted octanol–water partition coefficient (Wildman–Crippen LogP) is 2.67. The second-order valence-corrected chi connectivity index (χ2v) is 3.98. The van der Waals surface area contributed by atoms with Gasteiger partial charge in [0.2, 0.25) is 0 Å². The van der Waals surface area contributed by atoms with E-state index in [9.17, 15) is 0 Å². The van der Waals surface area contributed by atoms with E-state index in [1.54, 1.807) is 12.5 Å². The van der Waals surface area contributed by atoms with Crippen LogP contribution in [0.25, 0.3) is 0 Å². The largest absolute Gasteiger partial charge is 0.356 e. The van der Waals surface area contributed by atoms with Crippen LogP contribution in [0.4, 0.5) is 0 Å². The van der Waals surface area contributed by atoms with Crippen molar-refractivity contribution >= 4 is 0 Å². The number of rotatable bonds is 4. The lowest BCUT2D eigenvalue weighted by Gasteiger charge is -2.08. The predicted molar refractivity (Wildman–Crippen MR) is 62.9 cm³/mol. The lowest BCUT2D eigenvalue weighted by molar-refractivity contribution is 0.0636. The van der Waals surface area contributed by atoms with Gasteiger partial charge in [0.15, 0.2) is 0 Å². The first-order valence-corrected chi connectivity index (χ1v) is 5.35. The van der Waals surface area contributed by atoms with Crippen LogP contribution in [0.15, 0.2) is 36.9 Å². The van der Waals surface area contributed by atoms with Crippen LogP contribution >= 0.6 is 0 Å². The Bertz CT molecular complexity index is 449. The molecule has 0 aliphatic heterocycles. The molecule has 3 nitrogen and oxygen atoms in total. The van der Waals surface area contributed by atoms with E-state index in [0.717, 1.165) is 0 Å². The molecular formula is C13H16N2O. The number of aromatic nitrogens is 2. The molecule has 0 amide bonds. The Labute approximate surface area is 95.7 Å². The van der Waals surface area contributed by atoms with Crippen molar-refractivity contribution in [2.75, 3.05) is 0 Å². The fourth-order valence-electron chi connectivity index (χ4n) is 1.63. The minimum atomic E-state index is 0.549. The molecule has 2 rings (SSSR count). The highest BCUT2D eigenvalue weighted by atomic mass is 16.5. The van der Waals surface area contributed by atoms with Crippen molar-refractivity contribution in [1.82, 2.24) is 9.55 Å². The summed E-state index contributed by atoms with van der Waals surface area (Å²) in [6.45, 7) is 5.41. The van der Waals surface area contributed by atoms with Crippen molar-refractivity contribution in [2.24, 2.45) is 0 Å². The molecule has 0 aliphatic carbocycles. The van der Waals surface area contributed by atoms with Gasteiger partial charge in [0, 0.05) is 12.4 Å². The van der Waals surface area contributed by atoms with Gasteiger partial charge in [0.1, 0.15) is 6.73 Å². The Kier molecular flexibility index (Phi) is 3.37. The van der Waals surface area contributed by atoms with Crippen LogP contribution < -0.4 is 0 Å². The van der Waals surface area contributed by atoms with Gasteiger partial charge in [-0.05, 0) is 25.0 Å². The van der Waals surface area contributed by atoms with Crippen molar-refractivity contribution in [2.45, 2.75) is 27.2 Å². The monoisotopic (exact) mass is 216 g/mol. The average molecular weight is 216 g/mol. The van der Waals surface area contributed by atoms with Crippen LogP contribution in [0.5, 0.6) is 0 Å². The van der Waals surface area contributed by atoms with Crippen LogP contribution in [0.3, 0.4) is 0 Å². The van der Waals surface area contributed by atoms with Crippen LogP contribution in [-0.4, -0.2) is 9.55 Å². The van der Waals surface area contributed by atoms with Gasteiger partial charge in [-0.1, -0.05) is 23.8 Å². The van der Waals surface area contributed by atoms with Crippen molar-refractivity contribution in [3.63, 3.8) is 0 Å². The lowest BCUT2D eigenvalue weighted by Crippen LogP contribution is -2.01. The van der Waals surface area contributed by atoms with Gasteiger partial charge in [-0.15, -0.1) is 0 Å². The smallest absolute Gasteiger partial charge is 0.124 e. The van der Waals surface area contributed by atoms with E-state index in [1.165, 1.54) is 16.7 Å². The van der Waals surface area contributed by atoms with E-state index in [2.05, 4.69) is 37.0 Å². The molecule has 0 spiro atoms. The average Bonchev–Trinajstić information content (AvgIpc) is 2.74. The van der Waals surface area contributed by atoms with Gasteiger partial charge >= 0.3 is 0 Å². The van der Waals surface area contributed by atoms with E-state index < -0.39 is 0 Å². The molecule has 0 bridgehead atoms. The first kappa shape index (κ1) is 10.9. The van der Waals surface area contributed by atoms with Gasteiger partial charge in [-0.3, -0.25) is 0 Å². The maximum atomic E-state index is 5.61. The highest BCUT2D eigenvalue weighted by Crippen LogP contribution is 2.11. The molecule has 0 saturated carbocycles. The van der Waals surface area contributed by atoms with Crippen LogP contribution in [-0.2, 0) is 18.1 Å². The fraction of sp³-hybridized carbons (Fsp3) is 0.308. The molecule has 0 aliphatic rings. The highest BCUT2D eigenvalue weighted by Gasteiger charge is 1.98. The zero-order valence-corrected chi connectivity index (χ0v) is 9.68. The van der Waals surface area contributed by atoms with Crippen LogP contribution in [0, 0.1) is 13.8 Å². The Balaban J connectivity index is 1.90. The molecule has 16 heavy (non-hydrogen) atoms. The van der Waals surface area contributed by atoms with E-state index in [-0.39, 0.29) is 0 Å². The Morgan fingerprint density at radius 1 is 1.31 bits per heavy atom. The Hall–Kier alpha value is -1.61. The lowest BCUT2D eigenvalue weighted by atomic mass is 10.1. The molecule has 0 atom stereocenters. The molecule has 0 N–H and O–H groups in total.